The van der Waals surface area contributed by atoms with Crippen molar-refractivity contribution >= 4 is 47.1 Å². The lowest BCUT2D eigenvalue weighted by Crippen LogP contribution is -2.70. The summed E-state index contributed by atoms with van der Waals surface area (Å²) in [5, 5.41) is 13.3. The summed E-state index contributed by atoms with van der Waals surface area (Å²) < 4.78 is 5.29. The van der Waals surface area contributed by atoms with Crippen molar-refractivity contribution in [2.45, 2.75) is 23.7 Å². The van der Waals surface area contributed by atoms with Crippen molar-refractivity contribution in [3.8, 4) is 0 Å². The standard InChI is InChI=1S/C20H18N4O6S/c1-11(25)24(14-8-5-9-30-14)15-17(26)23-10-13(19(27)28)16(31-18(15)23)22-20(29)21-12-6-3-2-4-7-12/h2-10,15-16,18H,1H3,(H,27,28)(H2,21,22,29)/t15?,16?,18-/m1/s1. The summed E-state index contributed by atoms with van der Waals surface area (Å²) in [5.74, 6) is -1.88. The summed E-state index contributed by atoms with van der Waals surface area (Å²) in [7, 11) is 0. The molecule has 1 aromatic carbocycles. The average molecular weight is 442 g/mol. The number of nitrogens with one attached hydrogen (secondary N) is 2. The van der Waals surface area contributed by atoms with Crippen molar-refractivity contribution in [3.63, 3.8) is 0 Å². The maximum absolute atomic E-state index is 12.7. The lowest BCUT2D eigenvalue weighted by Gasteiger charge is -2.51. The van der Waals surface area contributed by atoms with Crippen molar-refractivity contribution < 1.29 is 28.7 Å². The third-order valence-corrected chi connectivity index (χ3v) is 6.20. The molecule has 2 aromatic rings. The summed E-state index contributed by atoms with van der Waals surface area (Å²) in [4.78, 5) is 51.6. The van der Waals surface area contributed by atoms with Crippen LogP contribution in [0, 0.1) is 0 Å². The highest BCUT2D eigenvalue weighted by atomic mass is 32.2. The van der Waals surface area contributed by atoms with Crippen LogP contribution in [0.5, 0.6) is 0 Å². The first kappa shape index (κ1) is 20.5. The highest BCUT2D eigenvalue weighted by Crippen LogP contribution is 2.43. The number of carbonyl (C=O) groups excluding carboxylic acids is 3. The first-order valence-electron chi connectivity index (χ1n) is 9.25. The average Bonchev–Trinajstić information content (AvgIpc) is 3.25. The number of carboxylic acids is 1. The Morgan fingerprint density at radius 1 is 1.16 bits per heavy atom. The number of carboxylic acid groups (broad SMARTS) is 1. The minimum atomic E-state index is -1.26. The first-order valence-corrected chi connectivity index (χ1v) is 10.2. The fraction of sp³-hybridized carbons (Fsp3) is 0.200. The molecular formula is C20H18N4O6S. The SMILES string of the molecule is CC(=O)N(c1ccco1)C1C(=O)N2C=C(C(=O)O)C(NC(=O)Nc3ccccc3)S[C@H]12. The van der Waals surface area contributed by atoms with Crippen molar-refractivity contribution in [2.24, 2.45) is 0 Å². The normalized spacial score (nSPS) is 22.0. The second kappa shape index (κ2) is 8.19. The zero-order valence-electron chi connectivity index (χ0n) is 16.2. The van der Waals surface area contributed by atoms with Gasteiger partial charge in [-0.25, -0.2) is 9.59 Å². The van der Waals surface area contributed by atoms with Gasteiger partial charge in [0.25, 0.3) is 5.91 Å². The highest BCUT2D eigenvalue weighted by molar-refractivity contribution is 8.01. The molecule has 0 aliphatic carbocycles. The van der Waals surface area contributed by atoms with E-state index in [1.54, 1.807) is 42.5 Å². The van der Waals surface area contributed by atoms with Gasteiger partial charge in [-0.3, -0.25) is 14.5 Å². The Hall–Kier alpha value is -3.73. The number of para-hydroxylation sites is 1. The van der Waals surface area contributed by atoms with Crippen LogP contribution >= 0.6 is 11.8 Å². The zero-order valence-corrected chi connectivity index (χ0v) is 17.0. The van der Waals surface area contributed by atoms with E-state index in [1.807, 2.05) is 0 Å². The van der Waals surface area contributed by atoms with Gasteiger partial charge < -0.3 is 25.1 Å². The summed E-state index contributed by atoms with van der Waals surface area (Å²) in [6.07, 6.45) is 2.59. The van der Waals surface area contributed by atoms with Crippen LogP contribution in [0.4, 0.5) is 16.4 Å². The van der Waals surface area contributed by atoms with Gasteiger partial charge in [-0.15, -0.1) is 11.8 Å². The van der Waals surface area contributed by atoms with Crippen molar-refractivity contribution in [1.29, 1.82) is 0 Å². The van der Waals surface area contributed by atoms with E-state index in [0.717, 1.165) is 11.8 Å². The van der Waals surface area contributed by atoms with E-state index in [0.29, 0.717) is 5.69 Å². The molecule has 0 saturated carbocycles. The van der Waals surface area contributed by atoms with Crippen LogP contribution in [0.3, 0.4) is 0 Å². The topological polar surface area (TPSA) is 132 Å². The molecule has 3 N–H and O–H groups in total. The quantitative estimate of drug-likeness (QED) is 0.604. The van der Waals surface area contributed by atoms with Crippen LogP contribution in [-0.4, -0.2) is 50.6 Å². The van der Waals surface area contributed by atoms with Gasteiger partial charge in [0, 0.05) is 24.9 Å². The van der Waals surface area contributed by atoms with Gasteiger partial charge in [-0.05, 0) is 18.2 Å². The Morgan fingerprint density at radius 2 is 1.90 bits per heavy atom. The third kappa shape index (κ3) is 3.87. The molecule has 1 aromatic heterocycles. The van der Waals surface area contributed by atoms with Gasteiger partial charge in [0.05, 0.1) is 11.8 Å². The van der Waals surface area contributed by atoms with E-state index in [9.17, 15) is 24.3 Å². The molecule has 3 atom stereocenters. The maximum Gasteiger partial charge on any atom is 0.336 e. The smallest absolute Gasteiger partial charge is 0.336 e. The summed E-state index contributed by atoms with van der Waals surface area (Å²) in [6.45, 7) is 1.31. The van der Waals surface area contributed by atoms with Crippen molar-refractivity contribution in [1.82, 2.24) is 10.2 Å². The van der Waals surface area contributed by atoms with Crippen LogP contribution in [-0.2, 0) is 14.4 Å². The number of rotatable bonds is 5. The van der Waals surface area contributed by atoms with Gasteiger partial charge in [0.2, 0.25) is 11.8 Å². The monoisotopic (exact) mass is 442 g/mol. The Kier molecular flexibility index (Phi) is 5.42. The number of thioether (sulfide) groups is 1. The lowest BCUT2D eigenvalue weighted by molar-refractivity contribution is -0.142. The number of β-lactam (4-membered cyclic amide) rings is 1. The molecule has 0 bridgehead atoms. The lowest BCUT2D eigenvalue weighted by atomic mass is 10.0. The van der Waals surface area contributed by atoms with E-state index >= 15 is 0 Å². The van der Waals surface area contributed by atoms with E-state index in [4.69, 9.17) is 4.42 Å². The molecule has 1 saturated heterocycles. The molecule has 160 valence electrons. The van der Waals surface area contributed by atoms with Gasteiger partial charge in [-0.1, -0.05) is 18.2 Å². The first-order chi connectivity index (χ1) is 14.9. The number of aliphatic carboxylic acids is 1. The number of amides is 4. The largest absolute Gasteiger partial charge is 0.478 e. The molecule has 11 heteroatoms. The molecule has 4 rings (SSSR count). The number of urea groups is 1. The Labute approximate surface area is 180 Å². The predicted octanol–water partition coefficient (Wildman–Crippen LogP) is 2.03. The van der Waals surface area contributed by atoms with Gasteiger partial charge in [0.1, 0.15) is 16.8 Å². The summed E-state index contributed by atoms with van der Waals surface area (Å²) in [5.41, 5.74) is 0.393. The number of benzene rings is 1. The van der Waals surface area contributed by atoms with Crippen LogP contribution in [0.2, 0.25) is 0 Å². The molecule has 1 fully saturated rings. The molecule has 31 heavy (non-hydrogen) atoms. The minimum absolute atomic E-state index is 0.149. The van der Waals surface area contributed by atoms with E-state index in [-0.39, 0.29) is 11.5 Å². The van der Waals surface area contributed by atoms with E-state index in [2.05, 4.69) is 10.6 Å². The van der Waals surface area contributed by atoms with Gasteiger partial charge in [-0.2, -0.15) is 0 Å². The van der Waals surface area contributed by atoms with Gasteiger partial charge >= 0.3 is 12.0 Å². The molecule has 10 nitrogen and oxygen atoms in total. The third-order valence-electron chi connectivity index (χ3n) is 4.79. The minimum Gasteiger partial charge on any atom is -0.478 e. The van der Waals surface area contributed by atoms with Crippen molar-refractivity contribution in [3.05, 3.63) is 60.5 Å². The number of nitrogens with zero attached hydrogens (tertiary/aromatic N) is 2. The number of anilines is 2. The fourth-order valence-corrected chi connectivity index (χ4v) is 4.84. The molecule has 2 aliphatic rings. The Bertz CT molecular complexity index is 1050. The number of fused-ring (bicyclic) bond motifs is 1. The number of hydrogen-bond acceptors (Lipinski definition) is 6. The second-order valence-electron chi connectivity index (χ2n) is 6.79. The highest BCUT2D eigenvalue weighted by Gasteiger charge is 2.56. The summed E-state index contributed by atoms with van der Waals surface area (Å²) in [6, 6.07) is 10.4. The maximum atomic E-state index is 12.7. The molecule has 0 radical (unpaired) electrons. The van der Waals surface area contributed by atoms with E-state index in [1.165, 1.54) is 29.2 Å². The van der Waals surface area contributed by atoms with Crippen LogP contribution in [0.1, 0.15) is 6.92 Å². The van der Waals surface area contributed by atoms with Gasteiger partial charge in [0.15, 0.2) is 0 Å². The molecule has 0 spiro atoms. The number of carbonyl (C=O) groups is 4. The summed E-state index contributed by atoms with van der Waals surface area (Å²) >= 11 is 1.06. The number of hydrogen-bond donors (Lipinski definition) is 3. The Balaban J connectivity index is 1.55. The second-order valence-corrected chi connectivity index (χ2v) is 8.02. The fourth-order valence-electron chi connectivity index (χ4n) is 3.40. The molecule has 4 amide bonds. The molecule has 2 unspecified atom stereocenters. The molecule has 2 aliphatic heterocycles. The predicted molar refractivity (Wildman–Crippen MR) is 112 cm³/mol. The zero-order chi connectivity index (χ0) is 22.1. The molecule has 3 heterocycles. The number of furan rings is 1. The van der Waals surface area contributed by atoms with Crippen LogP contribution in [0.25, 0.3) is 0 Å². The Morgan fingerprint density at radius 3 is 2.52 bits per heavy atom. The molecular weight excluding hydrogens is 424 g/mol. The van der Waals surface area contributed by atoms with Crippen LogP contribution < -0.4 is 15.5 Å². The van der Waals surface area contributed by atoms with Crippen molar-refractivity contribution in [2.75, 3.05) is 10.2 Å². The van der Waals surface area contributed by atoms with Crippen LogP contribution in [0.15, 0.2) is 64.9 Å². The van der Waals surface area contributed by atoms with E-state index < -0.39 is 40.6 Å².